The lowest BCUT2D eigenvalue weighted by molar-refractivity contribution is -0.137. The fourth-order valence-electron chi connectivity index (χ4n) is 3.61. The summed E-state index contributed by atoms with van der Waals surface area (Å²) in [6, 6.07) is 7.87. The molecule has 2 heterocycles. The molecule has 1 aromatic rings. The number of benzene rings is 1. The first kappa shape index (κ1) is 19.1. The first-order valence-corrected chi connectivity index (χ1v) is 9.47. The topological polar surface area (TPSA) is 53.1 Å². The van der Waals surface area contributed by atoms with Crippen molar-refractivity contribution in [3.63, 3.8) is 0 Å². The molecule has 6 nitrogen and oxygen atoms in total. The van der Waals surface area contributed by atoms with Crippen molar-refractivity contribution in [1.29, 1.82) is 0 Å². The van der Waals surface area contributed by atoms with E-state index in [1.54, 1.807) is 12.0 Å². The number of nitrogens with zero attached hydrogens (tertiary/aromatic N) is 3. The maximum atomic E-state index is 12.8. The highest BCUT2D eigenvalue weighted by Gasteiger charge is 2.37. The molecular formula is C19H26ClN3O3. The molecule has 3 rings (SSSR count). The maximum Gasteiger partial charge on any atom is 0.228 e. The highest BCUT2D eigenvalue weighted by molar-refractivity contribution is 6.31. The Morgan fingerprint density at radius 1 is 1.23 bits per heavy atom. The van der Waals surface area contributed by atoms with Crippen LogP contribution in [0.4, 0.5) is 0 Å². The summed E-state index contributed by atoms with van der Waals surface area (Å²) in [6.45, 7) is 5.43. The molecule has 7 heteroatoms. The third kappa shape index (κ3) is 4.55. The van der Waals surface area contributed by atoms with Gasteiger partial charge in [0.05, 0.1) is 12.5 Å². The van der Waals surface area contributed by atoms with E-state index in [-0.39, 0.29) is 17.7 Å². The molecule has 26 heavy (non-hydrogen) atoms. The van der Waals surface area contributed by atoms with E-state index < -0.39 is 0 Å². The second-order valence-corrected chi connectivity index (χ2v) is 7.33. The quantitative estimate of drug-likeness (QED) is 0.751. The largest absolute Gasteiger partial charge is 0.383 e. The molecule has 0 saturated carbocycles. The first-order valence-electron chi connectivity index (χ1n) is 9.09. The number of halogens is 1. The Kier molecular flexibility index (Phi) is 6.51. The molecule has 2 aliphatic rings. The van der Waals surface area contributed by atoms with Crippen molar-refractivity contribution >= 4 is 23.4 Å². The number of hydrogen-bond donors (Lipinski definition) is 0. The summed E-state index contributed by atoms with van der Waals surface area (Å²) < 4.78 is 5.03. The van der Waals surface area contributed by atoms with Gasteiger partial charge in [-0.2, -0.15) is 0 Å². The van der Waals surface area contributed by atoms with E-state index >= 15 is 0 Å². The van der Waals surface area contributed by atoms with Gasteiger partial charge in [0.2, 0.25) is 11.8 Å². The normalized spacial score (nSPS) is 21.5. The van der Waals surface area contributed by atoms with Gasteiger partial charge >= 0.3 is 0 Å². The maximum absolute atomic E-state index is 12.8. The molecule has 2 fully saturated rings. The van der Waals surface area contributed by atoms with E-state index in [1.807, 2.05) is 29.2 Å². The average Bonchev–Trinajstić information content (AvgIpc) is 3.02. The molecule has 1 atom stereocenters. The number of methoxy groups -OCH3 is 1. The summed E-state index contributed by atoms with van der Waals surface area (Å²) in [5, 5.41) is 0.784. The van der Waals surface area contributed by atoms with Crippen molar-refractivity contribution in [3.05, 3.63) is 34.9 Å². The minimum Gasteiger partial charge on any atom is -0.383 e. The lowest BCUT2D eigenvalue weighted by Crippen LogP contribution is -2.50. The van der Waals surface area contributed by atoms with Crippen LogP contribution in [0.5, 0.6) is 0 Å². The zero-order valence-electron chi connectivity index (χ0n) is 15.2. The molecular weight excluding hydrogens is 354 g/mol. The first-order chi connectivity index (χ1) is 12.6. The van der Waals surface area contributed by atoms with Gasteiger partial charge in [-0.25, -0.2) is 0 Å². The third-order valence-electron chi connectivity index (χ3n) is 5.16. The molecule has 1 aromatic carbocycles. The molecule has 2 amide bonds. The molecule has 0 bridgehead atoms. The number of hydrogen-bond acceptors (Lipinski definition) is 4. The number of ether oxygens (including phenoxy) is 1. The van der Waals surface area contributed by atoms with E-state index in [4.69, 9.17) is 16.3 Å². The smallest absolute Gasteiger partial charge is 0.228 e. The summed E-state index contributed by atoms with van der Waals surface area (Å²) in [5.74, 6) is -0.0529. The van der Waals surface area contributed by atoms with Gasteiger partial charge < -0.3 is 14.5 Å². The third-order valence-corrected chi connectivity index (χ3v) is 5.53. The molecule has 142 valence electrons. The van der Waals surface area contributed by atoms with Crippen LogP contribution in [0, 0.1) is 5.92 Å². The Balaban J connectivity index is 1.48. The summed E-state index contributed by atoms with van der Waals surface area (Å²) in [4.78, 5) is 30.8. The van der Waals surface area contributed by atoms with Gasteiger partial charge in [0, 0.05) is 64.4 Å². The summed E-state index contributed by atoms with van der Waals surface area (Å²) in [7, 11) is 1.62. The fraction of sp³-hybridized carbons (Fsp3) is 0.579. The van der Waals surface area contributed by atoms with Gasteiger partial charge in [-0.3, -0.25) is 14.5 Å². The van der Waals surface area contributed by atoms with Gasteiger partial charge in [0.25, 0.3) is 0 Å². The molecule has 0 N–H and O–H groups in total. The van der Waals surface area contributed by atoms with E-state index in [9.17, 15) is 9.59 Å². The number of rotatable bonds is 6. The molecule has 2 aliphatic heterocycles. The van der Waals surface area contributed by atoms with Crippen LogP contribution < -0.4 is 0 Å². The van der Waals surface area contributed by atoms with Gasteiger partial charge in [0.1, 0.15) is 0 Å². The molecule has 0 aromatic heterocycles. The Labute approximate surface area is 159 Å². The van der Waals surface area contributed by atoms with E-state index in [1.165, 1.54) is 0 Å². The zero-order chi connectivity index (χ0) is 18.5. The highest BCUT2D eigenvalue weighted by Crippen LogP contribution is 2.22. The number of likely N-dealkylation sites (tertiary alicyclic amines) is 1. The highest BCUT2D eigenvalue weighted by atomic mass is 35.5. The van der Waals surface area contributed by atoms with Crippen molar-refractivity contribution < 1.29 is 14.3 Å². The average molecular weight is 380 g/mol. The van der Waals surface area contributed by atoms with Crippen LogP contribution in [-0.4, -0.2) is 79.5 Å². The SMILES string of the molecule is COCCN1CC(C(=O)N2CCN(Cc3ccccc3Cl)CC2)CC1=O. The Hall–Kier alpha value is -1.63. The van der Waals surface area contributed by atoms with E-state index in [0.29, 0.717) is 39.2 Å². The number of piperazine rings is 1. The van der Waals surface area contributed by atoms with Crippen LogP contribution in [0.3, 0.4) is 0 Å². The van der Waals surface area contributed by atoms with Crippen LogP contribution in [0.2, 0.25) is 5.02 Å². The number of amides is 2. The predicted octanol–water partition coefficient (Wildman–Crippen LogP) is 1.48. The zero-order valence-corrected chi connectivity index (χ0v) is 16.0. The van der Waals surface area contributed by atoms with Gasteiger partial charge in [-0.1, -0.05) is 29.8 Å². The molecule has 0 spiro atoms. The summed E-state index contributed by atoms with van der Waals surface area (Å²) in [6.07, 6.45) is 0.322. The molecule has 2 saturated heterocycles. The van der Waals surface area contributed by atoms with Crippen LogP contribution in [0.15, 0.2) is 24.3 Å². The van der Waals surface area contributed by atoms with E-state index in [2.05, 4.69) is 4.90 Å². The molecule has 0 aliphatic carbocycles. The fourth-order valence-corrected chi connectivity index (χ4v) is 3.80. The lowest BCUT2D eigenvalue weighted by atomic mass is 10.1. The Morgan fingerprint density at radius 2 is 1.96 bits per heavy atom. The van der Waals surface area contributed by atoms with Gasteiger partial charge in [-0.15, -0.1) is 0 Å². The second-order valence-electron chi connectivity index (χ2n) is 6.93. The van der Waals surface area contributed by atoms with Crippen molar-refractivity contribution in [2.24, 2.45) is 5.92 Å². The lowest BCUT2D eigenvalue weighted by Gasteiger charge is -2.36. The summed E-state index contributed by atoms with van der Waals surface area (Å²) >= 11 is 6.24. The number of carbonyl (C=O) groups excluding carboxylic acids is 2. The van der Waals surface area contributed by atoms with Crippen LogP contribution in [-0.2, 0) is 20.9 Å². The van der Waals surface area contributed by atoms with E-state index in [0.717, 1.165) is 30.2 Å². The minimum absolute atomic E-state index is 0.0535. The Morgan fingerprint density at radius 3 is 2.65 bits per heavy atom. The summed E-state index contributed by atoms with van der Waals surface area (Å²) in [5.41, 5.74) is 1.11. The van der Waals surface area contributed by atoms with Crippen molar-refractivity contribution in [1.82, 2.24) is 14.7 Å². The van der Waals surface area contributed by atoms with Crippen LogP contribution in [0.25, 0.3) is 0 Å². The standard InChI is InChI=1S/C19H26ClN3O3/c1-26-11-10-23-14-16(12-18(23)24)19(25)22-8-6-21(7-9-22)13-15-4-2-3-5-17(15)20/h2-5,16H,6-14H2,1H3. The van der Waals surface area contributed by atoms with Crippen molar-refractivity contribution in [2.45, 2.75) is 13.0 Å². The number of carbonyl (C=O) groups is 2. The second kappa shape index (κ2) is 8.84. The Bertz CT molecular complexity index is 647. The van der Waals surface area contributed by atoms with Crippen molar-refractivity contribution in [2.75, 3.05) is 53.0 Å². The van der Waals surface area contributed by atoms with Crippen molar-refractivity contribution in [3.8, 4) is 0 Å². The van der Waals surface area contributed by atoms with Crippen LogP contribution >= 0.6 is 11.6 Å². The van der Waals surface area contributed by atoms with Gasteiger partial charge in [0.15, 0.2) is 0 Å². The molecule has 0 radical (unpaired) electrons. The van der Waals surface area contributed by atoms with Gasteiger partial charge in [-0.05, 0) is 11.6 Å². The predicted molar refractivity (Wildman–Crippen MR) is 99.9 cm³/mol. The monoisotopic (exact) mass is 379 g/mol. The van der Waals surface area contributed by atoms with Crippen LogP contribution in [0.1, 0.15) is 12.0 Å². The molecule has 1 unspecified atom stereocenters. The minimum atomic E-state index is -0.213.